The molecule has 1 heterocycles. The number of carbonyl (C=O) groups is 1. The summed E-state index contributed by atoms with van der Waals surface area (Å²) in [6.07, 6.45) is -0.831. The number of primary amides is 1. The Labute approximate surface area is 117 Å². The average molecular weight is 284 g/mol. The minimum Gasteiger partial charge on any atom is -0.410 e. The number of benzene rings is 1. The van der Waals surface area contributed by atoms with Gasteiger partial charge in [-0.15, -0.1) is 0 Å². The van der Waals surface area contributed by atoms with Crippen molar-refractivity contribution >= 4 is 17.7 Å². The van der Waals surface area contributed by atoms with Crippen LogP contribution < -0.4 is 10.5 Å². The third-order valence-electron chi connectivity index (χ3n) is 3.23. The van der Waals surface area contributed by atoms with Gasteiger partial charge in [0.1, 0.15) is 5.75 Å². The number of likely N-dealkylation sites (N-methyl/N-ethyl adjacent to an activating group) is 1. The Morgan fingerprint density at radius 1 is 1.37 bits per heavy atom. The monoisotopic (exact) mass is 283 g/mol. The number of ether oxygens (including phenoxy) is 1. The highest BCUT2D eigenvalue weighted by Crippen LogP contribution is 2.24. The number of nitrogens with two attached hydrogens (primary N) is 1. The van der Waals surface area contributed by atoms with Gasteiger partial charge >= 0.3 is 6.09 Å². The lowest BCUT2D eigenvalue weighted by atomic mass is 10.2. The van der Waals surface area contributed by atoms with E-state index in [-0.39, 0.29) is 0 Å². The Bertz CT molecular complexity index is 459. The van der Waals surface area contributed by atoms with Crippen molar-refractivity contribution in [2.75, 3.05) is 33.2 Å². The SMILES string of the molecule is CN1CCN(Cc2ccc(OC(N)=O)cc2Cl)CC1. The zero-order valence-corrected chi connectivity index (χ0v) is 11.7. The summed E-state index contributed by atoms with van der Waals surface area (Å²) in [4.78, 5) is 15.3. The van der Waals surface area contributed by atoms with Crippen LogP contribution in [0.4, 0.5) is 4.79 Å². The molecule has 1 aliphatic heterocycles. The van der Waals surface area contributed by atoms with Gasteiger partial charge < -0.3 is 15.4 Å². The molecule has 1 aromatic rings. The van der Waals surface area contributed by atoms with Crippen molar-refractivity contribution in [2.45, 2.75) is 6.54 Å². The summed E-state index contributed by atoms with van der Waals surface area (Å²) >= 11 is 6.19. The van der Waals surface area contributed by atoms with Gasteiger partial charge in [-0.2, -0.15) is 0 Å². The molecular weight excluding hydrogens is 266 g/mol. The molecule has 6 heteroatoms. The first-order chi connectivity index (χ1) is 9.04. The fourth-order valence-electron chi connectivity index (χ4n) is 2.08. The molecule has 2 rings (SSSR count). The van der Waals surface area contributed by atoms with Crippen LogP contribution in [0.15, 0.2) is 18.2 Å². The van der Waals surface area contributed by atoms with Crippen LogP contribution in [-0.2, 0) is 6.54 Å². The van der Waals surface area contributed by atoms with Crippen molar-refractivity contribution in [3.8, 4) is 5.75 Å². The smallest absolute Gasteiger partial charge is 0.409 e. The fourth-order valence-corrected chi connectivity index (χ4v) is 2.31. The Balaban J connectivity index is 1.99. The maximum absolute atomic E-state index is 10.7. The molecular formula is C13H18ClN3O2. The van der Waals surface area contributed by atoms with Gasteiger partial charge in [-0.25, -0.2) is 4.79 Å². The highest BCUT2D eigenvalue weighted by atomic mass is 35.5. The summed E-state index contributed by atoms with van der Waals surface area (Å²) in [5, 5.41) is 0.595. The van der Waals surface area contributed by atoms with E-state index in [4.69, 9.17) is 22.1 Å². The Hall–Kier alpha value is -1.30. The zero-order chi connectivity index (χ0) is 13.8. The van der Waals surface area contributed by atoms with E-state index in [2.05, 4.69) is 16.8 Å². The van der Waals surface area contributed by atoms with Gasteiger partial charge in [0.05, 0.1) is 0 Å². The molecule has 0 spiro atoms. The van der Waals surface area contributed by atoms with Crippen LogP contribution in [0.2, 0.25) is 5.02 Å². The van der Waals surface area contributed by atoms with Crippen LogP contribution in [0.5, 0.6) is 5.75 Å². The summed E-state index contributed by atoms with van der Waals surface area (Å²) in [6.45, 7) is 5.02. The minimum atomic E-state index is -0.831. The van der Waals surface area contributed by atoms with Crippen molar-refractivity contribution in [3.63, 3.8) is 0 Å². The molecule has 0 unspecified atom stereocenters. The highest BCUT2D eigenvalue weighted by Gasteiger charge is 2.15. The molecule has 1 aliphatic rings. The molecule has 1 aromatic carbocycles. The van der Waals surface area contributed by atoms with E-state index >= 15 is 0 Å². The molecule has 1 saturated heterocycles. The standard InChI is InChI=1S/C13H18ClN3O2/c1-16-4-6-17(7-5-16)9-10-2-3-11(8-12(10)14)19-13(15)18/h2-3,8H,4-7,9H2,1H3,(H2,15,18). The van der Waals surface area contributed by atoms with Crippen molar-refractivity contribution < 1.29 is 9.53 Å². The van der Waals surface area contributed by atoms with E-state index in [1.807, 2.05) is 6.07 Å². The van der Waals surface area contributed by atoms with Gasteiger partial charge in [0.2, 0.25) is 0 Å². The third kappa shape index (κ3) is 4.09. The van der Waals surface area contributed by atoms with Crippen molar-refractivity contribution in [1.82, 2.24) is 9.80 Å². The van der Waals surface area contributed by atoms with E-state index in [0.29, 0.717) is 10.8 Å². The molecule has 0 radical (unpaired) electrons. The highest BCUT2D eigenvalue weighted by molar-refractivity contribution is 6.31. The zero-order valence-electron chi connectivity index (χ0n) is 10.9. The van der Waals surface area contributed by atoms with Gasteiger partial charge in [0, 0.05) is 37.7 Å². The molecule has 0 saturated carbocycles. The molecule has 2 N–H and O–H groups in total. The lowest BCUT2D eigenvalue weighted by molar-refractivity contribution is 0.148. The first-order valence-electron chi connectivity index (χ1n) is 6.21. The van der Waals surface area contributed by atoms with Crippen molar-refractivity contribution in [1.29, 1.82) is 0 Å². The van der Waals surface area contributed by atoms with E-state index in [9.17, 15) is 4.79 Å². The summed E-state index contributed by atoms with van der Waals surface area (Å²) < 4.78 is 4.79. The largest absolute Gasteiger partial charge is 0.410 e. The maximum atomic E-state index is 10.7. The number of hydrogen-bond acceptors (Lipinski definition) is 4. The maximum Gasteiger partial charge on any atom is 0.409 e. The van der Waals surface area contributed by atoms with E-state index < -0.39 is 6.09 Å². The Kier molecular flexibility index (Phi) is 4.63. The number of hydrogen-bond donors (Lipinski definition) is 1. The van der Waals surface area contributed by atoms with Crippen molar-refractivity contribution in [3.05, 3.63) is 28.8 Å². The Morgan fingerprint density at radius 3 is 2.63 bits per heavy atom. The molecule has 0 bridgehead atoms. The number of rotatable bonds is 3. The topological polar surface area (TPSA) is 58.8 Å². The van der Waals surface area contributed by atoms with Crippen LogP contribution in [-0.4, -0.2) is 49.1 Å². The lowest BCUT2D eigenvalue weighted by Crippen LogP contribution is -2.43. The predicted molar refractivity (Wildman–Crippen MR) is 74.4 cm³/mol. The molecule has 104 valence electrons. The van der Waals surface area contributed by atoms with E-state index in [1.165, 1.54) is 0 Å². The van der Waals surface area contributed by atoms with Gasteiger partial charge in [-0.05, 0) is 24.7 Å². The van der Waals surface area contributed by atoms with Gasteiger partial charge in [0.15, 0.2) is 0 Å². The lowest BCUT2D eigenvalue weighted by Gasteiger charge is -2.32. The molecule has 5 nitrogen and oxygen atoms in total. The molecule has 1 fully saturated rings. The molecule has 0 atom stereocenters. The number of carbonyl (C=O) groups excluding carboxylic acids is 1. The van der Waals surface area contributed by atoms with Crippen LogP contribution in [0.25, 0.3) is 0 Å². The number of halogens is 1. The second-order valence-corrected chi connectivity index (χ2v) is 5.16. The van der Waals surface area contributed by atoms with Gasteiger partial charge in [-0.3, -0.25) is 4.90 Å². The molecule has 1 amide bonds. The normalized spacial score (nSPS) is 17.4. The van der Waals surface area contributed by atoms with Crippen LogP contribution in [0.1, 0.15) is 5.56 Å². The number of nitrogens with zero attached hydrogens (tertiary/aromatic N) is 2. The second kappa shape index (κ2) is 6.23. The first kappa shape index (κ1) is 14.1. The van der Waals surface area contributed by atoms with Gasteiger partial charge in [0.25, 0.3) is 0 Å². The Morgan fingerprint density at radius 2 is 2.05 bits per heavy atom. The van der Waals surface area contributed by atoms with Gasteiger partial charge in [-0.1, -0.05) is 17.7 Å². The number of amides is 1. The van der Waals surface area contributed by atoms with E-state index in [1.54, 1.807) is 12.1 Å². The quantitative estimate of drug-likeness (QED) is 0.914. The van der Waals surface area contributed by atoms with E-state index in [0.717, 1.165) is 38.3 Å². The predicted octanol–water partition coefficient (Wildman–Crippen LogP) is 1.54. The first-order valence-corrected chi connectivity index (χ1v) is 6.59. The molecule has 0 aromatic heterocycles. The summed E-state index contributed by atoms with van der Waals surface area (Å²) in [7, 11) is 2.13. The van der Waals surface area contributed by atoms with Crippen LogP contribution >= 0.6 is 11.6 Å². The average Bonchev–Trinajstić information content (AvgIpc) is 2.34. The third-order valence-corrected chi connectivity index (χ3v) is 3.58. The number of piperazine rings is 1. The van der Waals surface area contributed by atoms with Crippen LogP contribution in [0, 0.1) is 0 Å². The summed E-state index contributed by atoms with van der Waals surface area (Å²) in [5.74, 6) is 0.375. The van der Waals surface area contributed by atoms with Crippen LogP contribution in [0.3, 0.4) is 0 Å². The van der Waals surface area contributed by atoms with Crippen molar-refractivity contribution in [2.24, 2.45) is 5.73 Å². The molecule has 19 heavy (non-hydrogen) atoms. The summed E-state index contributed by atoms with van der Waals surface area (Å²) in [6, 6.07) is 5.21. The second-order valence-electron chi connectivity index (χ2n) is 4.75. The molecule has 0 aliphatic carbocycles. The summed E-state index contributed by atoms with van der Waals surface area (Å²) in [5.41, 5.74) is 5.99. The fraction of sp³-hybridized carbons (Fsp3) is 0.462. The minimum absolute atomic E-state index is 0.375.